The Morgan fingerprint density at radius 2 is 2.04 bits per heavy atom. The molecule has 0 aliphatic heterocycles. The van der Waals surface area contributed by atoms with E-state index in [0.717, 1.165) is 10.0 Å². The maximum atomic E-state index is 12.5. The van der Waals surface area contributed by atoms with Gasteiger partial charge in [-0.3, -0.25) is 10.1 Å². The Bertz CT molecular complexity index is 846. The van der Waals surface area contributed by atoms with E-state index in [2.05, 4.69) is 32.6 Å². The minimum Gasteiger partial charge on any atom is -0.496 e. The Morgan fingerprint density at radius 3 is 2.71 bits per heavy atom. The summed E-state index contributed by atoms with van der Waals surface area (Å²) in [5, 5.41) is 14.6. The molecule has 0 aliphatic rings. The Morgan fingerprint density at radius 1 is 1.33 bits per heavy atom. The number of hydrogen-bond acceptors (Lipinski definition) is 4. The number of para-hydroxylation sites is 1. The smallest absolute Gasteiger partial charge is 0.261 e. The summed E-state index contributed by atoms with van der Waals surface area (Å²) in [4.78, 5) is 12.5. The molecule has 2 aromatic carbocycles. The van der Waals surface area contributed by atoms with Crippen LogP contribution >= 0.6 is 28.1 Å². The minimum atomic E-state index is -0.400. The summed E-state index contributed by atoms with van der Waals surface area (Å²) < 4.78 is 6.06. The molecule has 0 heterocycles. The predicted octanol–water partition coefficient (Wildman–Crippen LogP) is 3.76. The van der Waals surface area contributed by atoms with Gasteiger partial charge in [0.15, 0.2) is 5.11 Å². The molecule has 2 aromatic rings. The van der Waals surface area contributed by atoms with Crippen LogP contribution in [0.15, 0.2) is 40.9 Å². The van der Waals surface area contributed by atoms with Crippen molar-refractivity contribution in [1.82, 2.24) is 5.32 Å². The van der Waals surface area contributed by atoms with Gasteiger partial charge in [-0.2, -0.15) is 5.26 Å². The summed E-state index contributed by atoms with van der Waals surface area (Å²) in [6.45, 7) is 1.85. The summed E-state index contributed by atoms with van der Waals surface area (Å²) >= 11 is 8.52. The van der Waals surface area contributed by atoms with Crippen LogP contribution in [-0.4, -0.2) is 18.1 Å². The zero-order valence-corrected chi connectivity index (χ0v) is 15.4. The Hall–Kier alpha value is -2.43. The number of benzene rings is 2. The van der Waals surface area contributed by atoms with Crippen LogP contribution in [0.1, 0.15) is 21.5 Å². The number of methoxy groups -OCH3 is 1. The molecule has 2 N–H and O–H groups in total. The van der Waals surface area contributed by atoms with Crippen molar-refractivity contribution in [1.29, 1.82) is 5.26 Å². The summed E-state index contributed by atoms with van der Waals surface area (Å²) in [5.74, 6) is 0.0825. The molecule has 0 saturated heterocycles. The number of nitriles is 1. The summed E-state index contributed by atoms with van der Waals surface area (Å²) in [7, 11) is 1.51. The number of ether oxygens (including phenoxy) is 1. The first kappa shape index (κ1) is 17.9. The van der Waals surface area contributed by atoms with Crippen LogP contribution in [0.2, 0.25) is 0 Å². The van der Waals surface area contributed by atoms with Gasteiger partial charge in [-0.15, -0.1) is 0 Å². The van der Waals surface area contributed by atoms with Crippen molar-refractivity contribution in [3.8, 4) is 11.8 Å². The molecule has 7 heteroatoms. The number of nitrogens with zero attached hydrogens (tertiary/aromatic N) is 1. The van der Waals surface area contributed by atoms with E-state index < -0.39 is 5.91 Å². The first-order chi connectivity index (χ1) is 11.5. The van der Waals surface area contributed by atoms with Gasteiger partial charge in [-0.05, 0) is 49.0 Å². The van der Waals surface area contributed by atoms with Crippen LogP contribution < -0.4 is 15.4 Å². The third-order valence-corrected chi connectivity index (χ3v) is 3.87. The average Bonchev–Trinajstić information content (AvgIpc) is 2.54. The molecule has 1 amide bonds. The minimum absolute atomic E-state index is 0.0994. The van der Waals surface area contributed by atoms with Crippen LogP contribution in [0.3, 0.4) is 0 Å². The molecule has 0 aromatic heterocycles. The largest absolute Gasteiger partial charge is 0.496 e. The highest BCUT2D eigenvalue weighted by Gasteiger charge is 2.17. The van der Waals surface area contributed by atoms with Crippen molar-refractivity contribution in [2.45, 2.75) is 6.92 Å². The number of anilines is 1. The molecule has 0 unspecified atom stereocenters. The fourth-order valence-electron chi connectivity index (χ4n) is 2.18. The number of aryl methyl sites for hydroxylation is 1. The third-order valence-electron chi connectivity index (χ3n) is 3.21. The number of hydrogen-bond donors (Lipinski definition) is 2. The quantitative estimate of drug-likeness (QED) is 0.762. The standard InChI is InChI=1S/C17H14BrN3O2S/c1-10-7-12(18)8-13(15(10)23-2)16(22)21-17(24)20-14-6-4-3-5-11(14)9-19/h3-8H,1-2H3,(H2,20,21,22,24). The molecule has 0 radical (unpaired) electrons. The van der Waals surface area contributed by atoms with Gasteiger partial charge >= 0.3 is 0 Å². The molecule has 0 bridgehead atoms. The maximum Gasteiger partial charge on any atom is 0.261 e. The lowest BCUT2D eigenvalue weighted by molar-refractivity contribution is 0.0974. The van der Waals surface area contributed by atoms with E-state index in [1.165, 1.54) is 7.11 Å². The zero-order chi connectivity index (χ0) is 17.7. The van der Waals surface area contributed by atoms with E-state index in [1.807, 2.05) is 13.0 Å². The van der Waals surface area contributed by atoms with Gasteiger partial charge in [0.25, 0.3) is 5.91 Å². The third kappa shape index (κ3) is 4.10. The highest BCUT2D eigenvalue weighted by molar-refractivity contribution is 9.10. The van der Waals surface area contributed by atoms with Crippen molar-refractivity contribution in [3.05, 3.63) is 57.6 Å². The van der Waals surface area contributed by atoms with Gasteiger partial charge < -0.3 is 10.1 Å². The number of halogens is 1. The fourth-order valence-corrected chi connectivity index (χ4v) is 2.96. The maximum absolute atomic E-state index is 12.5. The second-order valence-corrected chi connectivity index (χ2v) is 6.19. The molecule has 0 spiro atoms. The van der Waals surface area contributed by atoms with E-state index in [0.29, 0.717) is 22.6 Å². The van der Waals surface area contributed by atoms with Gasteiger partial charge in [0.1, 0.15) is 11.8 Å². The first-order valence-electron chi connectivity index (χ1n) is 6.92. The summed E-state index contributed by atoms with van der Waals surface area (Å²) in [5.41, 5.74) is 2.15. The van der Waals surface area contributed by atoms with Crippen LogP contribution in [0.25, 0.3) is 0 Å². The second kappa shape index (κ2) is 7.90. The highest BCUT2D eigenvalue weighted by Crippen LogP contribution is 2.27. The molecule has 122 valence electrons. The number of amides is 1. The lowest BCUT2D eigenvalue weighted by Crippen LogP contribution is -2.34. The Labute approximate surface area is 153 Å². The summed E-state index contributed by atoms with van der Waals surface area (Å²) in [6.07, 6.45) is 0. The molecule has 2 rings (SSSR count). The van der Waals surface area contributed by atoms with Gasteiger partial charge in [-0.1, -0.05) is 28.1 Å². The molecule has 5 nitrogen and oxygen atoms in total. The summed E-state index contributed by atoms with van der Waals surface area (Å²) in [6, 6.07) is 12.5. The number of carbonyl (C=O) groups is 1. The van der Waals surface area contributed by atoms with E-state index in [1.54, 1.807) is 30.3 Å². The van der Waals surface area contributed by atoms with Crippen LogP contribution in [-0.2, 0) is 0 Å². The predicted molar refractivity (Wildman–Crippen MR) is 100 cm³/mol. The van der Waals surface area contributed by atoms with Gasteiger partial charge in [-0.25, -0.2) is 0 Å². The number of thiocarbonyl (C=S) groups is 1. The van der Waals surface area contributed by atoms with E-state index in [9.17, 15) is 4.79 Å². The molecule has 0 aliphatic carbocycles. The van der Waals surface area contributed by atoms with Crippen molar-refractivity contribution in [2.75, 3.05) is 12.4 Å². The van der Waals surface area contributed by atoms with E-state index >= 15 is 0 Å². The van der Waals surface area contributed by atoms with Crippen LogP contribution in [0.4, 0.5) is 5.69 Å². The molecule has 0 atom stereocenters. The second-order valence-electron chi connectivity index (χ2n) is 4.87. The lowest BCUT2D eigenvalue weighted by Gasteiger charge is -2.14. The Balaban J connectivity index is 2.18. The van der Waals surface area contributed by atoms with Crippen molar-refractivity contribution in [2.24, 2.45) is 0 Å². The van der Waals surface area contributed by atoms with Gasteiger partial charge in [0.05, 0.1) is 23.9 Å². The Kier molecular flexibility index (Phi) is 5.90. The normalized spacial score (nSPS) is 9.75. The number of carbonyl (C=O) groups excluding carboxylic acids is 1. The SMILES string of the molecule is COc1c(C)cc(Br)cc1C(=O)NC(=S)Nc1ccccc1C#N. The number of nitrogens with one attached hydrogen (secondary N) is 2. The van der Waals surface area contributed by atoms with Crippen molar-refractivity contribution >= 4 is 44.9 Å². The molecule has 0 saturated carbocycles. The molecule has 24 heavy (non-hydrogen) atoms. The van der Waals surface area contributed by atoms with Crippen molar-refractivity contribution < 1.29 is 9.53 Å². The highest BCUT2D eigenvalue weighted by atomic mass is 79.9. The average molecular weight is 404 g/mol. The van der Waals surface area contributed by atoms with Crippen molar-refractivity contribution in [3.63, 3.8) is 0 Å². The monoisotopic (exact) mass is 403 g/mol. The van der Waals surface area contributed by atoms with Crippen LogP contribution in [0, 0.1) is 18.3 Å². The van der Waals surface area contributed by atoms with Crippen LogP contribution in [0.5, 0.6) is 5.75 Å². The zero-order valence-electron chi connectivity index (χ0n) is 13.0. The number of rotatable bonds is 3. The molecular weight excluding hydrogens is 390 g/mol. The lowest BCUT2D eigenvalue weighted by atomic mass is 10.1. The van der Waals surface area contributed by atoms with E-state index in [-0.39, 0.29) is 5.11 Å². The molecule has 0 fully saturated rings. The van der Waals surface area contributed by atoms with Gasteiger partial charge in [0, 0.05) is 4.47 Å². The fraction of sp³-hybridized carbons (Fsp3) is 0.118. The molecular formula is C17H14BrN3O2S. The first-order valence-corrected chi connectivity index (χ1v) is 8.12. The van der Waals surface area contributed by atoms with Gasteiger partial charge in [0.2, 0.25) is 0 Å². The topological polar surface area (TPSA) is 74.2 Å². The van der Waals surface area contributed by atoms with E-state index in [4.69, 9.17) is 22.2 Å².